The van der Waals surface area contributed by atoms with Gasteiger partial charge >= 0.3 is 5.97 Å². The molecule has 10 nitrogen and oxygen atoms in total. The molecule has 176 valence electrons. The van der Waals surface area contributed by atoms with E-state index in [0.717, 1.165) is 10.5 Å². The van der Waals surface area contributed by atoms with Gasteiger partial charge in [-0.2, -0.15) is 0 Å². The molecule has 1 spiro atoms. The van der Waals surface area contributed by atoms with Crippen LogP contribution in [0.3, 0.4) is 0 Å². The number of carbonyl (C=O) groups excluding carboxylic acids is 3. The molecule has 1 aromatic rings. The molecule has 4 aliphatic heterocycles. The highest BCUT2D eigenvalue weighted by Gasteiger charge is 2.91. The van der Waals surface area contributed by atoms with E-state index < -0.39 is 52.4 Å². The van der Waals surface area contributed by atoms with Crippen molar-refractivity contribution in [1.29, 1.82) is 0 Å². The smallest absolute Gasteiger partial charge is 0.305 e. The maximum Gasteiger partial charge on any atom is 0.305 e. The van der Waals surface area contributed by atoms with Gasteiger partial charge in [0.2, 0.25) is 5.72 Å². The number of nitrogens with zero attached hydrogens (tertiary/aromatic N) is 2. The summed E-state index contributed by atoms with van der Waals surface area (Å²) in [5.41, 5.74) is -2.99. The Bertz CT molecular complexity index is 1140. The van der Waals surface area contributed by atoms with Crippen LogP contribution in [0.5, 0.6) is 0 Å². The minimum atomic E-state index is -2.66. The van der Waals surface area contributed by atoms with Crippen LogP contribution in [0.1, 0.15) is 37.8 Å². The largest absolute Gasteiger partial charge is 0.469 e. The molecule has 0 radical (unpaired) electrons. The summed E-state index contributed by atoms with van der Waals surface area (Å²) < 4.78 is 10.8. The summed E-state index contributed by atoms with van der Waals surface area (Å²) in [7, 11) is 1.30. The van der Waals surface area contributed by atoms with Crippen LogP contribution in [-0.4, -0.2) is 74.8 Å². The van der Waals surface area contributed by atoms with Gasteiger partial charge in [-0.1, -0.05) is 12.1 Å². The number of anilines is 1. The van der Waals surface area contributed by atoms with Gasteiger partial charge in [0.15, 0.2) is 11.7 Å². The minimum absolute atomic E-state index is 0.122. The Hall–Kier alpha value is -2.53. The van der Waals surface area contributed by atoms with Crippen LogP contribution in [0, 0.1) is 11.8 Å². The molecule has 3 fully saturated rings. The molecule has 33 heavy (non-hydrogen) atoms. The molecule has 3 N–H and O–H groups in total. The van der Waals surface area contributed by atoms with Gasteiger partial charge in [0.05, 0.1) is 18.7 Å². The van der Waals surface area contributed by atoms with E-state index in [9.17, 15) is 29.7 Å². The third kappa shape index (κ3) is 1.96. The summed E-state index contributed by atoms with van der Waals surface area (Å²) in [6, 6.07) is 5.49. The van der Waals surface area contributed by atoms with E-state index in [1.54, 1.807) is 19.9 Å². The topological polar surface area (TPSA) is 137 Å². The second-order valence-corrected chi connectivity index (χ2v) is 10.2. The second-order valence-electron chi connectivity index (χ2n) is 10.2. The molecule has 6 rings (SSSR count). The Morgan fingerprint density at radius 2 is 2.00 bits per heavy atom. The number of methoxy groups -OCH3 is 1. The predicted molar refractivity (Wildman–Crippen MR) is 110 cm³/mol. The minimum Gasteiger partial charge on any atom is -0.469 e. The lowest BCUT2D eigenvalue weighted by molar-refractivity contribution is -0.310. The molecular weight excluding hydrogens is 432 g/mol. The third-order valence-corrected chi connectivity index (χ3v) is 8.55. The van der Waals surface area contributed by atoms with E-state index in [1.165, 1.54) is 12.0 Å². The zero-order chi connectivity index (χ0) is 23.7. The highest BCUT2D eigenvalue weighted by atomic mass is 16.7. The lowest BCUT2D eigenvalue weighted by Gasteiger charge is -2.42. The fourth-order valence-corrected chi connectivity index (χ4v) is 7.29. The maximum atomic E-state index is 14.1. The zero-order valence-corrected chi connectivity index (χ0v) is 18.6. The summed E-state index contributed by atoms with van der Waals surface area (Å²) in [4.78, 5) is 41.3. The van der Waals surface area contributed by atoms with Gasteiger partial charge in [-0.15, -0.1) is 0 Å². The van der Waals surface area contributed by atoms with Crippen LogP contribution in [-0.2, 0) is 35.9 Å². The Balaban J connectivity index is 1.54. The SMILES string of the molecule is COC(=O)CCCN1C(=O)C23OC4(O)C(O)C(=O)N5C(C)(C)C(Cc6cccc1c62)C3C54O. The van der Waals surface area contributed by atoms with Crippen molar-refractivity contribution in [3.05, 3.63) is 29.3 Å². The van der Waals surface area contributed by atoms with E-state index in [0.29, 0.717) is 24.1 Å². The lowest BCUT2D eigenvalue weighted by atomic mass is 9.62. The van der Waals surface area contributed by atoms with Crippen LogP contribution < -0.4 is 4.90 Å². The number of aliphatic hydroxyl groups excluding tert-OH is 1. The highest BCUT2D eigenvalue weighted by molar-refractivity contribution is 6.09. The van der Waals surface area contributed by atoms with Gasteiger partial charge in [-0.05, 0) is 44.2 Å². The van der Waals surface area contributed by atoms with E-state index in [2.05, 4.69) is 0 Å². The highest BCUT2D eigenvalue weighted by Crippen LogP contribution is 2.73. The van der Waals surface area contributed by atoms with Gasteiger partial charge in [-0.25, -0.2) is 0 Å². The summed E-state index contributed by atoms with van der Waals surface area (Å²) in [6.07, 6.45) is -1.09. The Labute approximate surface area is 189 Å². The van der Waals surface area contributed by atoms with Crippen molar-refractivity contribution in [2.45, 2.75) is 61.9 Å². The standard InChI is InChI=1S/C23H26N2O8/c1-20(2)12-10-11-6-4-7-13-15(11)21(19(29)24(13)9-5-8-14(26)32-3)16(12)22(30)23(31,33-21)17(27)18(28)25(20)22/h4,6-7,12,16-17,27,30-31H,5,8-10H2,1-3H3. The number of carbonyl (C=O) groups is 3. The normalized spacial score (nSPS) is 41.0. The average Bonchev–Trinajstić information content (AvgIpc) is 3.27. The molecule has 6 atom stereocenters. The number of hydrogen-bond donors (Lipinski definition) is 3. The Morgan fingerprint density at radius 1 is 1.27 bits per heavy atom. The first-order valence-electron chi connectivity index (χ1n) is 11.2. The first-order chi connectivity index (χ1) is 15.5. The van der Waals surface area contributed by atoms with E-state index in [-0.39, 0.29) is 18.9 Å². The maximum absolute atomic E-state index is 14.1. The van der Waals surface area contributed by atoms with Crippen molar-refractivity contribution in [2.75, 3.05) is 18.6 Å². The van der Waals surface area contributed by atoms with Crippen LogP contribution in [0.25, 0.3) is 0 Å². The molecule has 3 saturated heterocycles. The van der Waals surface area contributed by atoms with Gasteiger partial charge in [0.25, 0.3) is 17.6 Å². The molecule has 0 saturated carbocycles. The van der Waals surface area contributed by atoms with E-state index in [4.69, 9.17) is 9.47 Å². The van der Waals surface area contributed by atoms with Crippen LogP contribution in [0.15, 0.2) is 18.2 Å². The van der Waals surface area contributed by atoms with Crippen molar-refractivity contribution < 1.29 is 39.2 Å². The lowest BCUT2D eigenvalue weighted by Crippen LogP contribution is -2.59. The quantitative estimate of drug-likeness (QED) is 0.508. The fourth-order valence-electron chi connectivity index (χ4n) is 7.29. The zero-order valence-electron chi connectivity index (χ0n) is 18.6. The predicted octanol–water partition coefficient (Wildman–Crippen LogP) is -0.627. The molecule has 6 unspecified atom stereocenters. The van der Waals surface area contributed by atoms with Crippen molar-refractivity contribution >= 4 is 23.5 Å². The van der Waals surface area contributed by atoms with Crippen LogP contribution in [0.2, 0.25) is 0 Å². The van der Waals surface area contributed by atoms with Crippen molar-refractivity contribution in [3.8, 4) is 0 Å². The van der Waals surface area contributed by atoms with Gasteiger partial charge in [0, 0.05) is 24.1 Å². The monoisotopic (exact) mass is 458 g/mol. The molecule has 1 aromatic carbocycles. The van der Waals surface area contributed by atoms with Gasteiger partial charge < -0.3 is 34.6 Å². The number of rotatable bonds is 4. The molecule has 1 aliphatic carbocycles. The molecule has 2 amide bonds. The number of ether oxygens (including phenoxy) is 2. The Kier molecular flexibility index (Phi) is 3.78. The fraction of sp³-hybridized carbons (Fsp3) is 0.609. The molecular formula is C23H26N2O8. The second kappa shape index (κ2) is 5.93. The molecule has 4 heterocycles. The number of hydrogen-bond acceptors (Lipinski definition) is 8. The number of benzene rings is 1. The van der Waals surface area contributed by atoms with Crippen molar-refractivity contribution in [3.63, 3.8) is 0 Å². The molecule has 10 heteroatoms. The van der Waals surface area contributed by atoms with Crippen molar-refractivity contribution in [2.24, 2.45) is 11.8 Å². The molecule has 0 bridgehead atoms. The third-order valence-electron chi connectivity index (χ3n) is 8.55. The van der Waals surface area contributed by atoms with E-state index >= 15 is 0 Å². The summed E-state index contributed by atoms with van der Waals surface area (Å²) in [5, 5.41) is 34.2. The van der Waals surface area contributed by atoms with Gasteiger partial charge in [-0.3, -0.25) is 14.4 Å². The molecule has 0 aromatic heterocycles. The summed E-state index contributed by atoms with van der Waals surface area (Å²) in [6.45, 7) is 3.76. The molecule has 5 aliphatic rings. The number of aliphatic hydroxyl groups is 3. The average molecular weight is 458 g/mol. The van der Waals surface area contributed by atoms with Crippen LogP contribution in [0.4, 0.5) is 5.69 Å². The van der Waals surface area contributed by atoms with Crippen molar-refractivity contribution in [1.82, 2.24) is 4.90 Å². The first kappa shape index (κ1) is 21.0. The Morgan fingerprint density at radius 3 is 2.70 bits per heavy atom. The summed E-state index contributed by atoms with van der Waals surface area (Å²) in [5.74, 6) is -5.72. The number of esters is 1. The van der Waals surface area contributed by atoms with Gasteiger partial charge in [0.1, 0.15) is 0 Å². The number of amides is 2. The summed E-state index contributed by atoms with van der Waals surface area (Å²) >= 11 is 0. The van der Waals surface area contributed by atoms with Crippen LogP contribution >= 0.6 is 0 Å². The first-order valence-corrected chi connectivity index (χ1v) is 11.2. The van der Waals surface area contributed by atoms with E-state index in [1.807, 2.05) is 12.1 Å².